The van der Waals surface area contributed by atoms with Crippen LogP contribution >= 0.6 is 0 Å². The van der Waals surface area contributed by atoms with Crippen molar-refractivity contribution in [3.05, 3.63) is 11.6 Å². The Bertz CT molecular complexity index is 416. The lowest BCUT2D eigenvalue weighted by Crippen LogP contribution is -2.07. The predicted octanol–water partition coefficient (Wildman–Crippen LogP) is 7.39. The minimum atomic E-state index is 0.544. The highest BCUT2D eigenvalue weighted by Crippen LogP contribution is 2.72. The van der Waals surface area contributed by atoms with Crippen molar-refractivity contribution in [2.45, 2.75) is 99.8 Å². The smallest absolute Gasteiger partial charge is 0.0201 e. The fraction of sp³-hybridized carbons (Fsp3) is 0.909. The Labute approximate surface area is 140 Å². The molecule has 2 rings (SSSR count). The quantitative estimate of drug-likeness (QED) is 0.389. The second-order valence-electron chi connectivity index (χ2n) is 9.12. The van der Waals surface area contributed by atoms with E-state index in [2.05, 4.69) is 54.5 Å². The lowest BCUT2D eigenvalue weighted by atomic mass is 9.86. The third-order valence-electron chi connectivity index (χ3n) is 7.96. The fourth-order valence-electron chi connectivity index (χ4n) is 5.75. The third kappa shape index (κ3) is 2.92. The molecule has 0 radical (unpaired) electrons. The van der Waals surface area contributed by atoms with Gasteiger partial charge in [-0.1, -0.05) is 79.4 Å². The van der Waals surface area contributed by atoms with Gasteiger partial charge in [-0.2, -0.15) is 0 Å². The first-order valence-corrected chi connectivity index (χ1v) is 9.99. The van der Waals surface area contributed by atoms with Gasteiger partial charge in [0.15, 0.2) is 0 Å². The average molecular weight is 305 g/mol. The molecular weight excluding hydrogens is 264 g/mol. The minimum absolute atomic E-state index is 0.544. The molecule has 4 atom stereocenters. The van der Waals surface area contributed by atoms with Crippen LogP contribution in [-0.2, 0) is 0 Å². The summed E-state index contributed by atoms with van der Waals surface area (Å²) < 4.78 is 0. The van der Waals surface area contributed by atoms with Crippen molar-refractivity contribution in [1.82, 2.24) is 0 Å². The Morgan fingerprint density at radius 2 is 1.73 bits per heavy atom. The second kappa shape index (κ2) is 6.33. The largest absolute Gasteiger partial charge is 0.0847 e. The van der Waals surface area contributed by atoms with E-state index in [4.69, 9.17) is 0 Å². The fourth-order valence-corrected chi connectivity index (χ4v) is 5.75. The zero-order valence-electron chi connectivity index (χ0n) is 16.4. The molecule has 2 fully saturated rings. The van der Waals surface area contributed by atoms with Crippen molar-refractivity contribution in [3.8, 4) is 0 Å². The molecule has 0 aliphatic heterocycles. The van der Waals surface area contributed by atoms with Crippen LogP contribution in [0.15, 0.2) is 11.6 Å². The van der Waals surface area contributed by atoms with Crippen molar-refractivity contribution in [2.75, 3.05) is 0 Å². The van der Waals surface area contributed by atoms with Crippen LogP contribution in [0.3, 0.4) is 0 Å². The first kappa shape index (κ1) is 18.1. The van der Waals surface area contributed by atoms with Gasteiger partial charge in [0.05, 0.1) is 0 Å². The summed E-state index contributed by atoms with van der Waals surface area (Å²) in [7, 11) is 0. The van der Waals surface area contributed by atoms with E-state index in [-0.39, 0.29) is 0 Å². The highest BCUT2D eigenvalue weighted by molar-refractivity contribution is 5.21. The molecule has 0 aromatic heterocycles. The molecule has 0 amide bonds. The SMILES string of the molecule is CCCC(=CCC1(CC)CC1CC)CC1(C)C(CC)C1(C)C. The van der Waals surface area contributed by atoms with E-state index >= 15 is 0 Å². The Morgan fingerprint density at radius 1 is 1.05 bits per heavy atom. The summed E-state index contributed by atoms with van der Waals surface area (Å²) in [6, 6.07) is 0. The zero-order chi connectivity index (χ0) is 16.6. The highest BCUT2D eigenvalue weighted by Gasteiger charge is 2.65. The highest BCUT2D eigenvalue weighted by atomic mass is 14.7. The molecule has 0 bridgehead atoms. The van der Waals surface area contributed by atoms with E-state index in [1.807, 2.05) is 0 Å². The monoisotopic (exact) mass is 304 g/mol. The Morgan fingerprint density at radius 3 is 2.14 bits per heavy atom. The van der Waals surface area contributed by atoms with Gasteiger partial charge in [0.2, 0.25) is 0 Å². The Balaban J connectivity index is 2.03. The van der Waals surface area contributed by atoms with Gasteiger partial charge in [-0.15, -0.1) is 0 Å². The molecule has 128 valence electrons. The van der Waals surface area contributed by atoms with Crippen molar-refractivity contribution < 1.29 is 0 Å². The van der Waals surface area contributed by atoms with Gasteiger partial charge >= 0.3 is 0 Å². The average Bonchev–Trinajstić information content (AvgIpc) is 3.29. The second-order valence-corrected chi connectivity index (χ2v) is 9.12. The predicted molar refractivity (Wildman–Crippen MR) is 99.0 cm³/mol. The topological polar surface area (TPSA) is 0 Å². The maximum absolute atomic E-state index is 2.68. The molecule has 0 aromatic rings. The van der Waals surface area contributed by atoms with Crippen LogP contribution < -0.4 is 0 Å². The first-order valence-electron chi connectivity index (χ1n) is 9.99. The van der Waals surface area contributed by atoms with E-state index in [9.17, 15) is 0 Å². The van der Waals surface area contributed by atoms with Crippen molar-refractivity contribution in [2.24, 2.45) is 28.1 Å². The summed E-state index contributed by atoms with van der Waals surface area (Å²) in [6.45, 7) is 17.0. The van der Waals surface area contributed by atoms with Crippen LogP contribution in [0.1, 0.15) is 99.8 Å². The number of rotatable bonds is 9. The Hall–Kier alpha value is -0.260. The summed E-state index contributed by atoms with van der Waals surface area (Å²) in [4.78, 5) is 0. The molecule has 2 aliphatic carbocycles. The van der Waals surface area contributed by atoms with E-state index in [1.54, 1.807) is 5.57 Å². The Kier molecular flexibility index (Phi) is 5.20. The number of hydrogen-bond donors (Lipinski definition) is 0. The lowest BCUT2D eigenvalue weighted by Gasteiger charge is -2.19. The third-order valence-corrected chi connectivity index (χ3v) is 7.96. The van der Waals surface area contributed by atoms with Crippen LogP contribution in [0.5, 0.6) is 0 Å². The van der Waals surface area contributed by atoms with Crippen molar-refractivity contribution in [3.63, 3.8) is 0 Å². The van der Waals surface area contributed by atoms with E-state index in [0.29, 0.717) is 16.2 Å². The van der Waals surface area contributed by atoms with Crippen LogP contribution in [0.25, 0.3) is 0 Å². The molecule has 4 unspecified atom stereocenters. The summed E-state index contributed by atoms with van der Waals surface area (Å²) in [5.41, 5.74) is 3.54. The maximum Gasteiger partial charge on any atom is -0.0201 e. The van der Waals surface area contributed by atoms with Crippen molar-refractivity contribution in [1.29, 1.82) is 0 Å². The molecule has 0 heteroatoms. The standard InChI is InChI=1S/C22H40/c1-8-12-17(13-14-22(11-4)16-18(22)9-2)15-21(7)19(10-3)20(21,5)6/h13,18-19H,8-12,14-16H2,1-7H3. The first-order chi connectivity index (χ1) is 10.3. The zero-order valence-corrected chi connectivity index (χ0v) is 16.4. The summed E-state index contributed by atoms with van der Waals surface area (Å²) in [5, 5.41) is 0. The van der Waals surface area contributed by atoms with Gasteiger partial charge in [-0.25, -0.2) is 0 Å². The van der Waals surface area contributed by atoms with Gasteiger partial charge < -0.3 is 0 Å². The lowest BCUT2D eigenvalue weighted by molar-refractivity contribution is 0.403. The van der Waals surface area contributed by atoms with Crippen LogP contribution in [0.4, 0.5) is 0 Å². The molecule has 2 aliphatic rings. The molecule has 0 saturated heterocycles. The van der Waals surface area contributed by atoms with E-state index in [0.717, 1.165) is 11.8 Å². The minimum Gasteiger partial charge on any atom is -0.0847 e. The molecule has 0 nitrogen and oxygen atoms in total. The number of hydrogen-bond acceptors (Lipinski definition) is 0. The molecular formula is C22H40. The van der Waals surface area contributed by atoms with Crippen LogP contribution in [0.2, 0.25) is 0 Å². The normalized spacial score (nSPS) is 39.9. The van der Waals surface area contributed by atoms with Gasteiger partial charge in [-0.05, 0) is 60.2 Å². The van der Waals surface area contributed by atoms with Gasteiger partial charge in [0, 0.05) is 0 Å². The van der Waals surface area contributed by atoms with Crippen LogP contribution in [0, 0.1) is 28.1 Å². The number of allylic oxidation sites excluding steroid dienone is 2. The summed E-state index contributed by atoms with van der Waals surface area (Å²) in [6.07, 6.45) is 13.6. The molecule has 0 heterocycles. The molecule has 2 saturated carbocycles. The van der Waals surface area contributed by atoms with E-state index in [1.165, 1.54) is 51.4 Å². The van der Waals surface area contributed by atoms with E-state index < -0.39 is 0 Å². The summed E-state index contributed by atoms with van der Waals surface area (Å²) >= 11 is 0. The van der Waals surface area contributed by atoms with Gasteiger partial charge in [0.1, 0.15) is 0 Å². The van der Waals surface area contributed by atoms with Crippen molar-refractivity contribution >= 4 is 0 Å². The van der Waals surface area contributed by atoms with Gasteiger partial charge in [0.25, 0.3) is 0 Å². The molecule has 0 spiro atoms. The molecule has 0 N–H and O–H groups in total. The van der Waals surface area contributed by atoms with Gasteiger partial charge in [-0.3, -0.25) is 0 Å². The maximum atomic E-state index is 2.68. The molecule has 0 aromatic carbocycles. The summed E-state index contributed by atoms with van der Waals surface area (Å²) in [5.74, 6) is 1.93. The molecule has 22 heavy (non-hydrogen) atoms. The van der Waals surface area contributed by atoms with Crippen LogP contribution in [-0.4, -0.2) is 0 Å².